The molecule has 0 bridgehead atoms. The molecule has 0 saturated heterocycles. The molecule has 0 spiro atoms. The summed E-state index contributed by atoms with van der Waals surface area (Å²) in [6.07, 6.45) is 3.68. The van der Waals surface area contributed by atoms with Gasteiger partial charge < -0.3 is 9.80 Å². The lowest BCUT2D eigenvalue weighted by molar-refractivity contribution is 0.479. The van der Waals surface area contributed by atoms with Crippen molar-refractivity contribution >= 4 is 5.96 Å². The van der Waals surface area contributed by atoms with Crippen LogP contribution >= 0.6 is 0 Å². The zero-order valence-electron chi connectivity index (χ0n) is 10.7. The molecular formula is C12H20N4. The van der Waals surface area contributed by atoms with Crippen LogP contribution in [0.3, 0.4) is 0 Å². The number of rotatable bonds is 2. The number of hydrogen-bond acceptors (Lipinski definition) is 2. The fraction of sp³-hybridized carbons (Fsp3) is 0.500. The lowest BCUT2D eigenvalue weighted by Gasteiger charge is -2.22. The lowest BCUT2D eigenvalue weighted by Crippen LogP contribution is -2.35. The van der Waals surface area contributed by atoms with Crippen molar-refractivity contribution < 1.29 is 0 Å². The monoisotopic (exact) mass is 220 g/mol. The predicted molar refractivity (Wildman–Crippen MR) is 67.5 cm³/mol. The van der Waals surface area contributed by atoms with E-state index in [0.29, 0.717) is 6.54 Å². The minimum atomic E-state index is 0.672. The van der Waals surface area contributed by atoms with Crippen molar-refractivity contribution in [3.8, 4) is 0 Å². The molecule has 0 aliphatic carbocycles. The molecule has 0 unspecified atom stereocenters. The molecule has 0 radical (unpaired) electrons. The molecule has 16 heavy (non-hydrogen) atoms. The van der Waals surface area contributed by atoms with Gasteiger partial charge in [-0.3, -0.25) is 4.98 Å². The van der Waals surface area contributed by atoms with Crippen molar-refractivity contribution in [3.63, 3.8) is 0 Å². The molecule has 1 aromatic heterocycles. The first-order chi connectivity index (χ1) is 7.52. The van der Waals surface area contributed by atoms with Gasteiger partial charge in [-0.05, 0) is 24.1 Å². The Morgan fingerprint density at radius 3 is 2.38 bits per heavy atom. The highest BCUT2D eigenvalue weighted by atomic mass is 15.3. The van der Waals surface area contributed by atoms with E-state index in [-0.39, 0.29) is 0 Å². The number of aliphatic imine (C=N–C) groups is 1. The van der Waals surface area contributed by atoms with Gasteiger partial charge in [0.25, 0.3) is 0 Å². The Morgan fingerprint density at radius 1 is 1.25 bits per heavy atom. The summed E-state index contributed by atoms with van der Waals surface area (Å²) < 4.78 is 0. The topological polar surface area (TPSA) is 31.7 Å². The van der Waals surface area contributed by atoms with Crippen LogP contribution in [0.1, 0.15) is 11.1 Å². The minimum absolute atomic E-state index is 0.672. The standard InChI is InChI=1S/C12H20N4/c1-10-6-7-13-8-11(10)9-14-12(15(2)3)16(4)5/h6-8H,9H2,1-5H3. The quantitative estimate of drug-likeness (QED) is 0.557. The highest BCUT2D eigenvalue weighted by Gasteiger charge is 2.04. The molecule has 0 aliphatic rings. The van der Waals surface area contributed by atoms with Crippen molar-refractivity contribution in [2.45, 2.75) is 13.5 Å². The van der Waals surface area contributed by atoms with Crippen LogP contribution in [0.4, 0.5) is 0 Å². The van der Waals surface area contributed by atoms with E-state index in [0.717, 1.165) is 5.96 Å². The summed E-state index contributed by atoms with van der Waals surface area (Å²) in [5, 5.41) is 0. The average molecular weight is 220 g/mol. The van der Waals surface area contributed by atoms with Gasteiger partial charge in [0.15, 0.2) is 5.96 Å². The summed E-state index contributed by atoms with van der Waals surface area (Å²) in [7, 11) is 7.98. The molecule has 0 amide bonds. The van der Waals surface area contributed by atoms with Gasteiger partial charge in [0.05, 0.1) is 6.54 Å². The molecule has 1 rings (SSSR count). The molecule has 4 nitrogen and oxygen atoms in total. The molecular weight excluding hydrogens is 200 g/mol. The van der Waals surface area contributed by atoms with E-state index in [1.807, 2.05) is 50.3 Å². The van der Waals surface area contributed by atoms with E-state index >= 15 is 0 Å². The number of pyridine rings is 1. The van der Waals surface area contributed by atoms with Gasteiger partial charge in [-0.25, -0.2) is 4.99 Å². The number of aromatic nitrogens is 1. The second kappa shape index (κ2) is 5.49. The van der Waals surface area contributed by atoms with Crippen molar-refractivity contribution in [1.29, 1.82) is 0 Å². The average Bonchev–Trinajstić information content (AvgIpc) is 2.20. The number of aryl methyl sites for hydroxylation is 1. The van der Waals surface area contributed by atoms with Crippen LogP contribution in [0.2, 0.25) is 0 Å². The third-order valence-electron chi connectivity index (χ3n) is 2.34. The van der Waals surface area contributed by atoms with Crippen LogP contribution in [0.25, 0.3) is 0 Å². The molecule has 88 valence electrons. The van der Waals surface area contributed by atoms with Gasteiger partial charge in [-0.1, -0.05) is 0 Å². The summed E-state index contributed by atoms with van der Waals surface area (Å²) in [5.41, 5.74) is 2.40. The summed E-state index contributed by atoms with van der Waals surface area (Å²) in [6, 6.07) is 2.01. The Morgan fingerprint density at radius 2 is 1.88 bits per heavy atom. The van der Waals surface area contributed by atoms with Crippen molar-refractivity contribution in [3.05, 3.63) is 29.6 Å². The largest absolute Gasteiger partial charge is 0.349 e. The van der Waals surface area contributed by atoms with Crippen molar-refractivity contribution in [2.24, 2.45) is 4.99 Å². The van der Waals surface area contributed by atoms with Gasteiger partial charge in [0.2, 0.25) is 0 Å². The smallest absolute Gasteiger partial charge is 0.195 e. The van der Waals surface area contributed by atoms with Gasteiger partial charge in [0.1, 0.15) is 0 Å². The van der Waals surface area contributed by atoms with Crippen LogP contribution in [0.5, 0.6) is 0 Å². The fourth-order valence-electron chi connectivity index (χ4n) is 1.50. The van der Waals surface area contributed by atoms with E-state index in [4.69, 9.17) is 0 Å². The van der Waals surface area contributed by atoms with Gasteiger partial charge in [-0.15, -0.1) is 0 Å². The molecule has 0 atom stereocenters. The second-order valence-corrected chi connectivity index (χ2v) is 4.21. The highest BCUT2D eigenvalue weighted by molar-refractivity contribution is 5.79. The lowest BCUT2D eigenvalue weighted by atomic mass is 10.2. The third-order valence-corrected chi connectivity index (χ3v) is 2.34. The van der Waals surface area contributed by atoms with E-state index in [1.54, 1.807) is 6.20 Å². The Hall–Kier alpha value is -1.58. The van der Waals surface area contributed by atoms with E-state index in [2.05, 4.69) is 16.9 Å². The summed E-state index contributed by atoms with van der Waals surface area (Å²) >= 11 is 0. The van der Waals surface area contributed by atoms with Crippen LogP contribution in [0, 0.1) is 6.92 Å². The van der Waals surface area contributed by atoms with Gasteiger partial charge in [0, 0.05) is 40.6 Å². The maximum Gasteiger partial charge on any atom is 0.195 e. The molecule has 1 aromatic rings. The number of hydrogen-bond donors (Lipinski definition) is 0. The molecule has 0 fully saturated rings. The normalized spacial score (nSPS) is 9.81. The number of nitrogens with zero attached hydrogens (tertiary/aromatic N) is 4. The molecule has 0 aromatic carbocycles. The summed E-state index contributed by atoms with van der Waals surface area (Å²) in [4.78, 5) is 12.7. The molecule has 0 saturated carbocycles. The third kappa shape index (κ3) is 3.22. The second-order valence-electron chi connectivity index (χ2n) is 4.21. The van der Waals surface area contributed by atoms with Crippen LogP contribution < -0.4 is 0 Å². The van der Waals surface area contributed by atoms with E-state index in [1.165, 1.54) is 11.1 Å². The Kier molecular flexibility index (Phi) is 4.28. The molecule has 0 N–H and O–H groups in total. The van der Waals surface area contributed by atoms with E-state index in [9.17, 15) is 0 Å². The van der Waals surface area contributed by atoms with Crippen LogP contribution in [-0.2, 0) is 6.54 Å². The first-order valence-corrected chi connectivity index (χ1v) is 5.31. The molecule has 4 heteroatoms. The Balaban J connectivity index is 2.82. The fourth-order valence-corrected chi connectivity index (χ4v) is 1.50. The first kappa shape index (κ1) is 12.5. The van der Waals surface area contributed by atoms with Crippen molar-refractivity contribution in [2.75, 3.05) is 28.2 Å². The Bertz CT molecular complexity index is 359. The maximum absolute atomic E-state index is 4.58. The van der Waals surface area contributed by atoms with Crippen LogP contribution in [-0.4, -0.2) is 48.9 Å². The summed E-state index contributed by atoms with van der Waals surface area (Å²) in [6.45, 7) is 2.75. The number of guanidine groups is 1. The molecule has 0 aliphatic heterocycles. The van der Waals surface area contributed by atoms with Crippen molar-refractivity contribution in [1.82, 2.24) is 14.8 Å². The van der Waals surface area contributed by atoms with E-state index < -0.39 is 0 Å². The first-order valence-electron chi connectivity index (χ1n) is 5.31. The highest BCUT2D eigenvalue weighted by Crippen LogP contribution is 2.06. The predicted octanol–water partition coefficient (Wildman–Crippen LogP) is 1.37. The van der Waals surface area contributed by atoms with Gasteiger partial charge >= 0.3 is 0 Å². The molecule has 1 heterocycles. The van der Waals surface area contributed by atoms with Gasteiger partial charge in [-0.2, -0.15) is 0 Å². The van der Waals surface area contributed by atoms with Crippen LogP contribution in [0.15, 0.2) is 23.5 Å². The zero-order valence-corrected chi connectivity index (χ0v) is 10.7. The minimum Gasteiger partial charge on any atom is -0.349 e. The zero-order chi connectivity index (χ0) is 12.1. The SMILES string of the molecule is Cc1ccncc1CN=C(N(C)C)N(C)C. The summed E-state index contributed by atoms with van der Waals surface area (Å²) in [5.74, 6) is 0.961. The Labute approximate surface area is 97.6 Å². The maximum atomic E-state index is 4.58.